The summed E-state index contributed by atoms with van der Waals surface area (Å²) in [5.74, 6) is 1.67. The smallest absolute Gasteiger partial charge is 0.132 e. The van der Waals surface area contributed by atoms with Gasteiger partial charge in [-0.05, 0) is 38.8 Å². The van der Waals surface area contributed by atoms with Gasteiger partial charge in [0.15, 0.2) is 0 Å². The van der Waals surface area contributed by atoms with Gasteiger partial charge >= 0.3 is 0 Å². The summed E-state index contributed by atoms with van der Waals surface area (Å²) in [6, 6.07) is 10.0. The van der Waals surface area contributed by atoms with Gasteiger partial charge in [0.05, 0.1) is 28.4 Å². The Morgan fingerprint density at radius 3 is 2.60 bits per heavy atom. The number of nitrogens with zero attached hydrogens (tertiary/aromatic N) is 4. The lowest BCUT2D eigenvalue weighted by Gasteiger charge is -2.33. The predicted molar refractivity (Wildman–Crippen MR) is 101 cm³/mol. The van der Waals surface area contributed by atoms with E-state index in [9.17, 15) is 0 Å². The molecule has 5 nitrogen and oxygen atoms in total. The third kappa shape index (κ3) is 3.04. The van der Waals surface area contributed by atoms with Crippen LogP contribution in [-0.4, -0.2) is 32.8 Å². The molecule has 3 aromatic rings. The van der Waals surface area contributed by atoms with Crippen molar-refractivity contribution in [2.24, 2.45) is 0 Å². The Kier molecular flexibility index (Phi) is 4.25. The third-order valence-corrected chi connectivity index (χ3v) is 5.31. The van der Waals surface area contributed by atoms with Gasteiger partial charge in [-0.3, -0.25) is 0 Å². The van der Waals surface area contributed by atoms with E-state index in [0.29, 0.717) is 5.92 Å². The number of aromatic amines is 1. The summed E-state index contributed by atoms with van der Waals surface area (Å²) < 4.78 is 1.97. The molecule has 0 amide bonds. The van der Waals surface area contributed by atoms with Crippen LogP contribution in [0.3, 0.4) is 0 Å². The average Bonchev–Trinajstić information content (AvgIpc) is 3.21. The molecule has 0 radical (unpaired) electrons. The van der Waals surface area contributed by atoms with Crippen LogP contribution in [0.2, 0.25) is 5.02 Å². The van der Waals surface area contributed by atoms with Crippen LogP contribution in [0, 0.1) is 13.8 Å². The molecule has 1 fully saturated rings. The average molecular weight is 356 g/mol. The minimum Gasteiger partial charge on any atom is -0.356 e. The molecule has 3 heterocycles. The Morgan fingerprint density at radius 2 is 1.92 bits per heavy atom. The minimum atomic E-state index is 0.552. The first kappa shape index (κ1) is 16.2. The molecule has 0 aliphatic carbocycles. The molecule has 0 spiro atoms. The second-order valence-electron chi connectivity index (χ2n) is 6.67. The number of aryl methyl sites for hydroxylation is 2. The molecule has 0 bridgehead atoms. The molecule has 6 heteroatoms. The van der Waals surface area contributed by atoms with Gasteiger partial charge in [-0.25, -0.2) is 9.67 Å². The summed E-state index contributed by atoms with van der Waals surface area (Å²) in [7, 11) is 0. The summed E-state index contributed by atoms with van der Waals surface area (Å²) in [6.45, 7) is 6.10. The molecule has 0 unspecified atom stereocenters. The van der Waals surface area contributed by atoms with Crippen molar-refractivity contribution in [3.05, 3.63) is 58.8 Å². The Balaban J connectivity index is 1.58. The Morgan fingerprint density at radius 1 is 1.16 bits per heavy atom. The van der Waals surface area contributed by atoms with Crippen LogP contribution < -0.4 is 4.90 Å². The van der Waals surface area contributed by atoms with Crippen molar-refractivity contribution < 1.29 is 0 Å². The number of aromatic nitrogens is 4. The maximum atomic E-state index is 6.40. The van der Waals surface area contributed by atoms with Crippen LogP contribution in [0.15, 0.2) is 36.7 Å². The lowest BCUT2D eigenvalue weighted by atomic mass is 9.92. The van der Waals surface area contributed by atoms with Crippen LogP contribution in [0.4, 0.5) is 5.82 Å². The van der Waals surface area contributed by atoms with Crippen LogP contribution >= 0.6 is 11.6 Å². The zero-order valence-electron chi connectivity index (χ0n) is 14.5. The van der Waals surface area contributed by atoms with Crippen LogP contribution in [0.5, 0.6) is 0 Å². The Labute approximate surface area is 152 Å². The molecule has 4 rings (SSSR count). The Bertz CT molecular complexity index is 874. The fourth-order valence-corrected chi connectivity index (χ4v) is 3.91. The van der Waals surface area contributed by atoms with E-state index in [0.717, 1.165) is 53.8 Å². The molecule has 1 aliphatic rings. The molecule has 1 aromatic carbocycles. The van der Waals surface area contributed by atoms with Crippen LogP contribution in [0.1, 0.15) is 35.8 Å². The molecule has 0 saturated carbocycles. The number of hydrogen-bond acceptors (Lipinski definition) is 3. The maximum absolute atomic E-state index is 6.40. The second kappa shape index (κ2) is 6.56. The number of H-pyrrole nitrogens is 1. The molecule has 1 saturated heterocycles. The number of anilines is 1. The summed E-state index contributed by atoms with van der Waals surface area (Å²) in [4.78, 5) is 10.1. The topological polar surface area (TPSA) is 49.7 Å². The summed E-state index contributed by atoms with van der Waals surface area (Å²) >= 11 is 6.40. The number of imidazole rings is 1. The molecule has 130 valence electrons. The zero-order valence-corrected chi connectivity index (χ0v) is 15.3. The van der Waals surface area contributed by atoms with Crippen molar-refractivity contribution in [2.75, 3.05) is 18.0 Å². The van der Waals surface area contributed by atoms with E-state index in [-0.39, 0.29) is 0 Å². The molecular formula is C19H22ClN5. The molecule has 1 N–H and O–H groups in total. The quantitative estimate of drug-likeness (QED) is 0.764. The van der Waals surface area contributed by atoms with Gasteiger partial charge in [0.1, 0.15) is 5.82 Å². The van der Waals surface area contributed by atoms with Gasteiger partial charge in [0.2, 0.25) is 0 Å². The zero-order chi connectivity index (χ0) is 17.4. The van der Waals surface area contributed by atoms with E-state index < -0.39 is 0 Å². The first-order valence-electron chi connectivity index (χ1n) is 8.70. The number of piperidine rings is 1. The number of hydrogen-bond donors (Lipinski definition) is 1. The highest BCUT2D eigenvalue weighted by atomic mass is 35.5. The fourth-order valence-electron chi connectivity index (χ4n) is 3.69. The van der Waals surface area contributed by atoms with E-state index in [1.54, 1.807) is 6.33 Å². The largest absolute Gasteiger partial charge is 0.356 e. The number of benzene rings is 1. The normalized spacial score (nSPS) is 15.7. The van der Waals surface area contributed by atoms with Gasteiger partial charge in [-0.1, -0.05) is 23.7 Å². The number of halogens is 1. The van der Waals surface area contributed by atoms with Crippen molar-refractivity contribution in [3.63, 3.8) is 0 Å². The van der Waals surface area contributed by atoms with Gasteiger partial charge in [-0.15, -0.1) is 0 Å². The second-order valence-corrected chi connectivity index (χ2v) is 7.08. The highest BCUT2D eigenvalue weighted by molar-refractivity contribution is 6.32. The summed E-state index contributed by atoms with van der Waals surface area (Å²) in [6.07, 6.45) is 4.01. The third-order valence-electron chi connectivity index (χ3n) is 4.99. The standard InChI is InChI=1S/C19H22ClN5/c1-13-11-18(25(23-13)17-6-4-3-5-16(17)20)24-9-7-15(8-10-24)19-14(2)21-12-22-19/h3-6,11-12,15H,7-10H2,1-2H3,(H,21,22). The highest BCUT2D eigenvalue weighted by Gasteiger charge is 2.25. The first-order chi connectivity index (χ1) is 12.1. The van der Waals surface area contributed by atoms with Crippen molar-refractivity contribution in [1.29, 1.82) is 0 Å². The van der Waals surface area contributed by atoms with Crippen molar-refractivity contribution >= 4 is 17.4 Å². The van der Waals surface area contributed by atoms with Crippen LogP contribution in [0.25, 0.3) is 5.69 Å². The van der Waals surface area contributed by atoms with Gasteiger partial charge < -0.3 is 9.88 Å². The van der Waals surface area contributed by atoms with Crippen LogP contribution in [-0.2, 0) is 0 Å². The number of rotatable bonds is 3. The van der Waals surface area contributed by atoms with Crippen molar-refractivity contribution in [1.82, 2.24) is 19.7 Å². The van der Waals surface area contributed by atoms with Gasteiger partial charge in [0, 0.05) is 30.8 Å². The molecular weight excluding hydrogens is 334 g/mol. The van der Waals surface area contributed by atoms with E-state index in [4.69, 9.17) is 11.6 Å². The molecule has 1 aliphatic heterocycles. The lowest BCUT2D eigenvalue weighted by molar-refractivity contribution is 0.490. The van der Waals surface area contributed by atoms with E-state index >= 15 is 0 Å². The van der Waals surface area contributed by atoms with Crippen molar-refractivity contribution in [3.8, 4) is 5.69 Å². The summed E-state index contributed by atoms with van der Waals surface area (Å²) in [5, 5.41) is 5.39. The van der Waals surface area contributed by atoms with Gasteiger partial charge in [0.25, 0.3) is 0 Å². The molecule has 25 heavy (non-hydrogen) atoms. The summed E-state index contributed by atoms with van der Waals surface area (Å²) in [5.41, 5.74) is 4.34. The maximum Gasteiger partial charge on any atom is 0.132 e. The minimum absolute atomic E-state index is 0.552. The molecule has 2 aromatic heterocycles. The fraction of sp³-hybridized carbons (Fsp3) is 0.368. The highest BCUT2D eigenvalue weighted by Crippen LogP contribution is 2.33. The van der Waals surface area contributed by atoms with Crippen molar-refractivity contribution in [2.45, 2.75) is 32.6 Å². The van der Waals surface area contributed by atoms with E-state index in [2.05, 4.69) is 33.0 Å². The lowest BCUT2D eigenvalue weighted by Crippen LogP contribution is -2.34. The number of nitrogens with one attached hydrogen (secondary N) is 1. The molecule has 0 atom stereocenters. The van der Waals surface area contributed by atoms with Gasteiger partial charge in [-0.2, -0.15) is 5.10 Å². The van der Waals surface area contributed by atoms with E-state index in [1.807, 2.05) is 35.9 Å². The first-order valence-corrected chi connectivity index (χ1v) is 9.07. The predicted octanol–water partition coefficient (Wildman–Crippen LogP) is 4.25. The van der Waals surface area contributed by atoms with E-state index in [1.165, 1.54) is 5.69 Å². The Hall–Kier alpha value is -2.27. The monoisotopic (exact) mass is 355 g/mol. The SMILES string of the molecule is Cc1cc(N2CCC(c3[nH]cnc3C)CC2)n(-c2ccccc2Cl)n1. The number of para-hydroxylation sites is 1.